The Morgan fingerprint density at radius 2 is 2.60 bits per heavy atom. The number of rotatable bonds is 0. The van der Waals surface area contributed by atoms with E-state index < -0.39 is 0 Å². The molecule has 0 spiro atoms. The minimum absolute atomic E-state index is 1.26. The van der Waals surface area contributed by atoms with E-state index in [4.69, 9.17) is 0 Å². The molecule has 0 saturated heterocycles. The smallest absolute Gasteiger partial charge is 0.0425 e. The molecule has 0 fully saturated rings. The van der Waals surface area contributed by atoms with Gasteiger partial charge in [0.2, 0.25) is 0 Å². The van der Waals surface area contributed by atoms with Crippen molar-refractivity contribution >= 4 is 0 Å². The summed E-state index contributed by atoms with van der Waals surface area (Å²) in [6.07, 6.45) is 9.00. The molecule has 0 atom stereocenters. The van der Waals surface area contributed by atoms with E-state index in [9.17, 15) is 0 Å². The molecule has 0 aromatic heterocycles. The topological polar surface area (TPSA) is 0 Å². The Hall–Kier alpha value is -0.390. The Balaban J connectivity index is 2.32. The summed E-state index contributed by atoms with van der Waals surface area (Å²) < 4.78 is 0. The van der Waals surface area contributed by atoms with E-state index in [2.05, 4.69) is 18.6 Å². The van der Waals surface area contributed by atoms with E-state index in [0.29, 0.717) is 0 Å². The fourth-order valence-electron chi connectivity index (χ4n) is 0.481. The predicted molar refractivity (Wildman–Crippen MR) is 22.7 cm³/mol. The van der Waals surface area contributed by atoms with E-state index in [1.54, 1.807) is 0 Å². The van der Waals surface area contributed by atoms with Crippen LogP contribution in [0.1, 0.15) is 12.8 Å². The van der Waals surface area contributed by atoms with E-state index in [1.807, 2.05) is 0 Å². The number of allylic oxidation sites excluding steroid dienone is 2. The molecule has 0 aromatic carbocycles. The first-order valence-electron chi connectivity index (χ1n) is 1.98. The lowest BCUT2D eigenvalue weighted by Gasteiger charge is -1.59. The molecule has 5 heavy (non-hydrogen) atoms. The second-order valence-corrected chi connectivity index (χ2v) is 1.24. The maximum atomic E-state index is 2.18. The van der Waals surface area contributed by atoms with Gasteiger partial charge in [-0.15, -0.1) is 0 Å². The van der Waals surface area contributed by atoms with E-state index in [0.717, 1.165) is 0 Å². The lowest BCUT2D eigenvalue weighted by molar-refractivity contribution is 1.06. The molecule has 26 valence electrons. The maximum Gasteiger partial charge on any atom is 0.0894 e. The third-order valence-corrected chi connectivity index (χ3v) is 0.772. The molecular formula is C5H7+. The van der Waals surface area contributed by atoms with Gasteiger partial charge in [0.25, 0.3) is 0 Å². The van der Waals surface area contributed by atoms with E-state index >= 15 is 0 Å². The monoisotopic (exact) mass is 67.1 g/mol. The van der Waals surface area contributed by atoms with Gasteiger partial charge < -0.3 is 0 Å². The van der Waals surface area contributed by atoms with Crippen LogP contribution in [-0.2, 0) is 0 Å². The number of hydrogen-bond donors (Lipinski definition) is 0. The molecule has 0 unspecified atom stereocenters. The lowest BCUT2D eigenvalue weighted by Crippen LogP contribution is -1.51. The Morgan fingerprint density at radius 1 is 1.60 bits per heavy atom. The fourth-order valence-corrected chi connectivity index (χ4v) is 0.481. The zero-order valence-electron chi connectivity index (χ0n) is 3.15. The highest BCUT2D eigenvalue weighted by atomic mass is 13.9. The molecule has 1 aliphatic rings. The third kappa shape index (κ3) is 0.440. The van der Waals surface area contributed by atoms with Gasteiger partial charge in [-0.05, 0) is 0 Å². The van der Waals surface area contributed by atoms with E-state index in [1.165, 1.54) is 12.8 Å². The first-order valence-corrected chi connectivity index (χ1v) is 1.98. The van der Waals surface area contributed by atoms with Gasteiger partial charge in [0.05, 0.1) is 18.9 Å². The summed E-state index contributed by atoms with van der Waals surface area (Å²) in [4.78, 5) is 0. The molecule has 0 amide bonds. The van der Waals surface area contributed by atoms with Crippen LogP contribution >= 0.6 is 0 Å². The molecule has 0 heterocycles. The molecule has 0 aromatic rings. The van der Waals surface area contributed by atoms with Gasteiger partial charge in [-0.2, -0.15) is 0 Å². The Labute approximate surface area is 32.5 Å². The average molecular weight is 67.1 g/mol. The quantitative estimate of drug-likeness (QED) is 0.377. The van der Waals surface area contributed by atoms with Gasteiger partial charge in [-0.25, -0.2) is 0 Å². The van der Waals surface area contributed by atoms with Crippen LogP contribution in [0.3, 0.4) is 0 Å². The molecule has 1 rings (SSSR count). The summed E-state index contributed by atoms with van der Waals surface area (Å²) >= 11 is 0. The average Bonchev–Trinajstić information content (AvgIpc) is 1.76. The Kier molecular flexibility index (Phi) is 0.654. The molecule has 1 aliphatic carbocycles. The zero-order valence-corrected chi connectivity index (χ0v) is 3.15. The Morgan fingerprint density at radius 3 is 2.80 bits per heavy atom. The first-order chi connectivity index (χ1) is 2.50. The molecular weight excluding hydrogens is 60.1 g/mol. The van der Waals surface area contributed by atoms with Crippen molar-refractivity contribution in [2.24, 2.45) is 0 Å². The van der Waals surface area contributed by atoms with Crippen molar-refractivity contribution in [2.45, 2.75) is 12.8 Å². The van der Waals surface area contributed by atoms with Crippen LogP contribution in [-0.4, -0.2) is 0 Å². The lowest BCUT2D eigenvalue weighted by atomic mass is 10.4. The highest BCUT2D eigenvalue weighted by Gasteiger charge is 1.95. The molecule has 0 saturated carbocycles. The van der Waals surface area contributed by atoms with Gasteiger partial charge in [0, 0.05) is 12.5 Å². The van der Waals surface area contributed by atoms with Crippen molar-refractivity contribution in [1.29, 1.82) is 0 Å². The highest BCUT2D eigenvalue weighted by Crippen LogP contribution is 2.03. The number of hydrogen-bond acceptors (Lipinski definition) is 0. The predicted octanol–water partition coefficient (Wildman–Crippen LogP) is 1.54. The van der Waals surface area contributed by atoms with Crippen LogP contribution in [0, 0.1) is 6.42 Å². The minimum atomic E-state index is 1.26. The molecule has 0 N–H and O–H groups in total. The third-order valence-electron chi connectivity index (χ3n) is 0.772. The van der Waals surface area contributed by atoms with Crippen molar-refractivity contribution in [3.8, 4) is 0 Å². The van der Waals surface area contributed by atoms with Gasteiger partial charge in [0.1, 0.15) is 0 Å². The normalized spacial score (nSPS) is 19.2. The van der Waals surface area contributed by atoms with Gasteiger partial charge in [-0.1, -0.05) is 0 Å². The van der Waals surface area contributed by atoms with Crippen molar-refractivity contribution in [1.82, 2.24) is 0 Å². The highest BCUT2D eigenvalue weighted by molar-refractivity contribution is 5.01. The second kappa shape index (κ2) is 1.16. The second-order valence-electron chi connectivity index (χ2n) is 1.24. The maximum absolute atomic E-state index is 2.18. The van der Waals surface area contributed by atoms with Crippen LogP contribution in [0.15, 0.2) is 12.2 Å². The van der Waals surface area contributed by atoms with E-state index in [-0.39, 0.29) is 0 Å². The fraction of sp³-hybridized carbons (Fsp3) is 0.400. The van der Waals surface area contributed by atoms with Gasteiger partial charge >= 0.3 is 0 Å². The van der Waals surface area contributed by atoms with Crippen molar-refractivity contribution in [2.75, 3.05) is 0 Å². The summed E-state index contributed by atoms with van der Waals surface area (Å²) in [5.74, 6) is 0. The van der Waals surface area contributed by atoms with Crippen LogP contribution < -0.4 is 0 Å². The van der Waals surface area contributed by atoms with Crippen LogP contribution in [0.2, 0.25) is 0 Å². The summed E-state index contributed by atoms with van der Waals surface area (Å²) in [5, 5.41) is 0. The SMILES string of the molecule is C1=CCC[CH+]1. The van der Waals surface area contributed by atoms with Crippen LogP contribution in [0.4, 0.5) is 0 Å². The first kappa shape index (κ1) is 2.83. The molecule has 0 radical (unpaired) electrons. The summed E-state index contributed by atoms with van der Waals surface area (Å²) in [5.41, 5.74) is 0. The zero-order chi connectivity index (χ0) is 3.54. The van der Waals surface area contributed by atoms with Crippen molar-refractivity contribution in [3.63, 3.8) is 0 Å². The molecule has 0 nitrogen and oxygen atoms in total. The molecule has 0 aliphatic heterocycles. The minimum Gasteiger partial charge on any atom is 0.0425 e. The van der Waals surface area contributed by atoms with Gasteiger partial charge in [-0.3, -0.25) is 0 Å². The van der Waals surface area contributed by atoms with Crippen molar-refractivity contribution < 1.29 is 0 Å². The molecule has 0 bridgehead atoms. The summed E-state index contributed by atoms with van der Waals surface area (Å²) in [6, 6.07) is 0. The van der Waals surface area contributed by atoms with Gasteiger partial charge in [0.15, 0.2) is 0 Å². The Bertz CT molecular complexity index is 38.0. The van der Waals surface area contributed by atoms with Crippen LogP contribution in [0.25, 0.3) is 0 Å². The largest absolute Gasteiger partial charge is 0.0894 e. The molecule has 0 heteroatoms. The standard InChI is InChI=1S/C5H7/c1-2-4-5-3-1/h1-3H,4-5H2/q+1. The summed E-state index contributed by atoms with van der Waals surface area (Å²) in [7, 11) is 0. The summed E-state index contributed by atoms with van der Waals surface area (Å²) in [6.45, 7) is 0. The van der Waals surface area contributed by atoms with Crippen LogP contribution in [0.5, 0.6) is 0 Å². The van der Waals surface area contributed by atoms with Crippen molar-refractivity contribution in [3.05, 3.63) is 18.6 Å².